The molecule has 1 unspecified atom stereocenters. The maximum atomic E-state index is 12.0. The van der Waals surface area contributed by atoms with Crippen LogP contribution in [-0.4, -0.2) is 12.5 Å². The van der Waals surface area contributed by atoms with E-state index in [0.29, 0.717) is 6.54 Å². The zero-order valence-electron chi connectivity index (χ0n) is 9.75. The van der Waals surface area contributed by atoms with E-state index in [-0.39, 0.29) is 17.4 Å². The summed E-state index contributed by atoms with van der Waals surface area (Å²) in [5.74, 6) is 0.119. The van der Waals surface area contributed by atoms with Crippen molar-refractivity contribution < 1.29 is 4.79 Å². The van der Waals surface area contributed by atoms with Gasteiger partial charge in [0.2, 0.25) is 5.91 Å². The largest absolute Gasteiger partial charge is 0.348 e. The Morgan fingerprint density at radius 1 is 1.62 bits per heavy atom. The van der Waals surface area contributed by atoms with Crippen molar-refractivity contribution in [1.29, 1.82) is 0 Å². The number of rotatable bonds is 4. The van der Waals surface area contributed by atoms with E-state index in [4.69, 9.17) is 5.73 Å². The standard InChI is InChI=1S/C12H18N2OS/c1-8-3-4-10(16-8)9(2)14-11(15)12(7-13)5-6-12/h3-4,9H,5-7,13H2,1-2H3,(H,14,15). The first-order chi connectivity index (χ1) is 7.57. The van der Waals surface area contributed by atoms with Crippen molar-refractivity contribution in [2.75, 3.05) is 6.54 Å². The fourth-order valence-corrected chi connectivity index (χ4v) is 2.66. The zero-order valence-corrected chi connectivity index (χ0v) is 10.6. The van der Waals surface area contributed by atoms with Crippen LogP contribution in [0.5, 0.6) is 0 Å². The molecule has 88 valence electrons. The molecule has 2 rings (SSSR count). The Balaban J connectivity index is 1.97. The summed E-state index contributed by atoms with van der Waals surface area (Å²) < 4.78 is 0. The normalized spacial score (nSPS) is 19.2. The van der Waals surface area contributed by atoms with Crippen LogP contribution < -0.4 is 11.1 Å². The molecule has 3 N–H and O–H groups in total. The van der Waals surface area contributed by atoms with Gasteiger partial charge in [0.25, 0.3) is 0 Å². The molecule has 0 aromatic carbocycles. The second-order valence-corrected chi connectivity index (χ2v) is 5.95. The summed E-state index contributed by atoms with van der Waals surface area (Å²) in [5, 5.41) is 3.05. The molecule has 0 spiro atoms. The summed E-state index contributed by atoms with van der Waals surface area (Å²) in [4.78, 5) is 14.4. The highest BCUT2D eigenvalue weighted by atomic mass is 32.1. The van der Waals surface area contributed by atoms with Crippen molar-refractivity contribution in [2.24, 2.45) is 11.1 Å². The monoisotopic (exact) mass is 238 g/mol. The minimum atomic E-state index is -0.249. The third-order valence-corrected chi connectivity index (χ3v) is 4.44. The first-order valence-corrected chi connectivity index (χ1v) is 6.46. The summed E-state index contributed by atoms with van der Waals surface area (Å²) in [6.45, 7) is 4.57. The Hall–Kier alpha value is -0.870. The molecule has 1 aromatic heterocycles. The van der Waals surface area contributed by atoms with E-state index < -0.39 is 0 Å². The number of amides is 1. The Bertz CT molecular complexity index is 395. The lowest BCUT2D eigenvalue weighted by atomic mass is 10.1. The number of hydrogen-bond donors (Lipinski definition) is 2. The fourth-order valence-electron chi connectivity index (χ4n) is 1.78. The Morgan fingerprint density at radius 3 is 2.75 bits per heavy atom. The predicted molar refractivity (Wildman–Crippen MR) is 66.3 cm³/mol. The summed E-state index contributed by atoms with van der Waals surface area (Å²) in [6, 6.07) is 4.25. The average Bonchev–Trinajstić information content (AvgIpc) is 2.95. The molecule has 1 heterocycles. The summed E-state index contributed by atoms with van der Waals surface area (Å²) >= 11 is 1.73. The van der Waals surface area contributed by atoms with Crippen molar-refractivity contribution in [3.63, 3.8) is 0 Å². The highest BCUT2D eigenvalue weighted by Gasteiger charge is 2.48. The lowest BCUT2D eigenvalue weighted by Crippen LogP contribution is -2.37. The van der Waals surface area contributed by atoms with Gasteiger partial charge >= 0.3 is 0 Å². The van der Waals surface area contributed by atoms with Gasteiger partial charge in [-0.3, -0.25) is 4.79 Å². The molecule has 16 heavy (non-hydrogen) atoms. The zero-order chi connectivity index (χ0) is 11.8. The van der Waals surface area contributed by atoms with Gasteiger partial charge in [-0.2, -0.15) is 0 Å². The van der Waals surface area contributed by atoms with Crippen molar-refractivity contribution in [3.05, 3.63) is 21.9 Å². The van der Waals surface area contributed by atoms with Crippen molar-refractivity contribution in [3.8, 4) is 0 Å². The molecular formula is C12H18N2OS. The molecule has 1 aromatic rings. The van der Waals surface area contributed by atoms with Crippen LogP contribution in [0.2, 0.25) is 0 Å². The second kappa shape index (κ2) is 4.18. The summed E-state index contributed by atoms with van der Waals surface area (Å²) in [7, 11) is 0. The highest BCUT2D eigenvalue weighted by Crippen LogP contribution is 2.45. The van der Waals surface area contributed by atoms with E-state index in [9.17, 15) is 4.79 Å². The molecule has 1 amide bonds. The smallest absolute Gasteiger partial charge is 0.227 e. The van der Waals surface area contributed by atoms with Gasteiger partial charge in [-0.1, -0.05) is 0 Å². The molecule has 1 atom stereocenters. The quantitative estimate of drug-likeness (QED) is 0.842. The van der Waals surface area contributed by atoms with E-state index in [2.05, 4.69) is 24.4 Å². The van der Waals surface area contributed by atoms with Gasteiger partial charge in [-0.05, 0) is 38.8 Å². The van der Waals surface area contributed by atoms with Crippen LogP contribution >= 0.6 is 11.3 Å². The maximum Gasteiger partial charge on any atom is 0.227 e. The average molecular weight is 238 g/mol. The number of hydrogen-bond acceptors (Lipinski definition) is 3. The van der Waals surface area contributed by atoms with Gasteiger partial charge in [0.1, 0.15) is 0 Å². The van der Waals surface area contributed by atoms with Crippen molar-refractivity contribution in [1.82, 2.24) is 5.32 Å². The topological polar surface area (TPSA) is 55.1 Å². The number of carbonyl (C=O) groups is 1. The molecule has 0 saturated heterocycles. The van der Waals surface area contributed by atoms with E-state index in [1.807, 2.05) is 6.92 Å². The maximum absolute atomic E-state index is 12.0. The number of nitrogens with two attached hydrogens (primary N) is 1. The molecule has 1 saturated carbocycles. The van der Waals surface area contributed by atoms with Crippen LogP contribution in [0, 0.1) is 12.3 Å². The van der Waals surface area contributed by atoms with Crippen LogP contribution in [0.1, 0.15) is 35.6 Å². The molecule has 0 aliphatic heterocycles. The van der Waals surface area contributed by atoms with Gasteiger partial charge in [0, 0.05) is 16.3 Å². The second-order valence-electron chi connectivity index (χ2n) is 4.63. The first kappa shape index (κ1) is 11.6. The van der Waals surface area contributed by atoms with Gasteiger partial charge in [-0.15, -0.1) is 11.3 Å². The minimum absolute atomic E-state index is 0.0928. The van der Waals surface area contributed by atoms with Crippen LogP contribution in [-0.2, 0) is 4.79 Å². The number of thiophene rings is 1. The van der Waals surface area contributed by atoms with Crippen LogP contribution in [0.4, 0.5) is 0 Å². The molecule has 3 nitrogen and oxygen atoms in total. The fraction of sp³-hybridized carbons (Fsp3) is 0.583. The van der Waals surface area contributed by atoms with Gasteiger partial charge < -0.3 is 11.1 Å². The molecule has 4 heteroatoms. The SMILES string of the molecule is Cc1ccc(C(C)NC(=O)C2(CN)CC2)s1. The molecule has 1 aliphatic rings. The molecule has 0 bridgehead atoms. The number of carbonyl (C=O) groups excluding carboxylic acids is 1. The Kier molecular flexibility index (Phi) is 3.04. The third kappa shape index (κ3) is 2.13. The third-order valence-electron chi connectivity index (χ3n) is 3.26. The van der Waals surface area contributed by atoms with Crippen molar-refractivity contribution in [2.45, 2.75) is 32.7 Å². The lowest BCUT2D eigenvalue weighted by Gasteiger charge is -2.17. The van der Waals surface area contributed by atoms with E-state index in [1.54, 1.807) is 11.3 Å². The van der Waals surface area contributed by atoms with Gasteiger partial charge in [-0.25, -0.2) is 0 Å². The molecule has 1 aliphatic carbocycles. The van der Waals surface area contributed by atoms with E-state index in [1.165, 1.54) is 9.75 Å². The van der Waals surface area contributed by atoms with E-state index >= 15 is 0 Å². The number of aryl methyl sites for hydroxylation is 1. The Morgan fingerprint density at radius 2 is 2.31 bits per heavy atom. The van der Waals surface area contributed by atoms with Gasteiger partial charge in [0.15, 0.2) is 0 Å². The highest BCUT2D eigenvalue weighted by molar-refractivity contribution is 7.12. The summed E-state index contributed by atoms with van der Waals surface area (Å²) in [6.07, 6.45) is 1.87. The minimum Gasteiger partial charge on any atom is -0.348 e. The van der Waals surface area contributed by atoms with Crippen LogP contribution in [0.3, 0.4) is 0 Å². The van der Waals surface area contributed by atoms with E-state index in [0.717, 1.165) is 12.8 Å². The van der Waals surface area contributed by atoms with Crippen molar-refractivity contribution >= 4 is 17.2 Å². The Labute approximate surface area is 100 Å². The summed E-state index contributed by atoms with van der Waals surface area (Å²) in [5.41, 5.74) is 5.38. The first-order valence-electron chi connectivity index (χ1n) is 5.65. The van der Waals surface area contributed by atoms with Crippen LogP contribution in [0.25, 0.3) is 0 Å². The molecule has 0 radical (unpaired) electrons. The predicted octanol–water partition coefficient (Wildman–Crippen LogP) is 1.97. The lowest BCUT2D eigenvalue weighted by molar-refractivity contribution is -0.126. The molecule has 1 fully saturated rings. The molecular weight excluding hydrogens is 220 g/mol. The number of nitrogens with one attached hydrogen (secondary N) is 1. The van der Waals surface area contributed by atoms with Crippen LogP contribution in [0.15, 0.2) is 12.1 Å². The van der Waals surface area contributed by atoms with Gasteiger partial charge in [0.05, 0.1) is 11.5 Å².